The number of aryl methyl sites for hydroxylation is 3. The lowest BCUT2D eigenvalue weighted by atomic mass is 10.1. The van der Waals surface area contributed by atoms with Crippen LogP contribution in [0.15, 0.2) is 30.7 Å². The molecule has 0 bridgehead atoms. The van der Waals surface area contributed by atoms with Crippen molar-refractivity contribution in [2.45, 2.75) is 33.7 Å². The molecule has 3 aromatic rings. The van der Waals surface area contributed by atoms with Crippen LogP contribution in [0.25, 0.3) is 10.9 Å². The largest absolute Gasteiger partial charge is 0.350 e. The van der Waals surface area contributed by atoms with Crippen LogP contribution in [0, 0.1) is 20.8 Å². The van der Waals surface area contributed by atoms with Gasteiger partial charge in [0.05, 0.1) is 11.7 Å². The first-order valence-corrected chi connectivity index (χ1v) is 8.02. The molecule has 1 atom stereocenters. The lowest BCUT2D eigenvalue weighted by Crippen LogP contribution is -2.30. The molecule has 0 radical (unpaired) electrons. The van der Waals surface area contributed by atoms with Gasteiger partial charge in [-0.15, -0.1) is 0 Å². The molecule has 1 N–H and O–H groups in total. The molecule has 124 valence electrons. The van der Waals surface area contributed by atoms with E-state index in [0.29, 0.717) is 5.69 Å². The molecule has 1 aromatic carbocycles. The lowest BCUT2D eigenvalue weighted by molar-refractivity contribution is 0.0734. The Morgan fingerprint density at radius 1 is 1.25 bits per heavy atom. The molecule has 5 heteroatoms. The van der Waals surface area contributed by atoms with Gasteiger partial charge in [0, 0.05) is 24.1 Å². The van der Waals surface area contributed by atoms with Crippen LogP contribution in [0.5, 0.6) is 0 Å². The Hall–Kier alpha value is -2.69. The van der Waals surface area contributed by atoms with E-state index in [2.05, 4.69) is 40.9 Å². The topological polar surface area (TPSA) is 61.9 Å². The summed E-state index contributed by atoms with van der Waals surface area (Å²) in [5.74, 6) is -0.0353. The zero-order chi connectivity index (χ0) is 17.4. The van der Waals surface area contributed by atoms with Crippen molar-refractivity contribution in [3.8, 4) is 0 Å². The standard InChI is InChI=1S/C19H22N4O/c1-11-8-12(2)17-15(9-11)13(3)18(22-17)19(24)23(5)14(4)16-6-7-20-10-21-16/h6-10,14,22H,1-5H3/t14-/m1/s1. The van der Waals surface area contributed by atoms with Crippen LogP contribution in [-0.2, 0) is 0 Å². The van der Waals surface area contributed by atoms with Crippen LogP contribution in [-0.4, -0.2) is 32.8 Å². The maximum Gasteiger partial charge on any atom is 0.270 e. The number of H-pyrrole nitrogens is 1. The smallest absolute Gasteiger partial charge is 0.270 e. The van der Waals surface area contributed by atoms with E-state index in [1.807, 2.05) is 19.9 Å². The molecule has 0 unspecified atom stereocenters. The minimum absolute atomic E-state index is 0.0353. The van der Waals surface area contributed by atoms with E-state index in [9.17, 15) is 4.79 Å². The highest BCUT2D eigenvalue weighted by Crippen LogP contribution is 2.28. The summed E-state index contributed by atoms with van der Waals surface area (Å²) in [5.41, 5.74) is 5.83. The average Bonchev–Trinajstić information content (AvgIpc) is 2.91. The summed E-state index contributed by atoms with van der Waals surface area (Å²) >= 11 is 0. The summed E-state index contributed by atoms with van der Waals surface area (Å²) in [6.07, 6.45) is 3.20. The van der Waals surface area contributed by atoms with Crippen LogP contribution >= 0.6 is 0 Å². The summed E-state index contributed by atoms with van der Waals surface area (Å²) in [6, 6.07) is 5.95. The second kappa shape index (κ2) is 6.07. The van der Waals surface area contributed by atoms with Gasteiger partial charge >= 0.3 is 0 Å². The molecule has 2 heterocycles. The van der Waals surface area contributed by atoms with E-state index in [1.165, 1.54) is 11.9 Å². The third kappa shape index (κ3) is 2.66. The summed E-state index contributed by atoms with van der Waals surface area (Å²) in [7, 11) is 1.80. The first-order valence-electron chi connectivity index (χ1n) is 8.02. The van der Waals surface area contributed by atoms with Crippen LogP contribution in [0.1, 0.15) is 45.8 Å². The van der Waals surface area contributed by atoms with Crippen LogP contribution in [0.4, 0.5) is 0 Å². The maximum atomic E-state index is 13.0. The van der Waals surface area contributed by atoms with Crippen molar-refractivity contribution in [2.24, 2.45) is 0 Å². The van der Waals surface area contributed by atoms with Gasteiger partial charge in [0.1, 0.15) is 12.0 Å². The lowest BCUT2D eigenvalue weighted by Gasteiger charge is -2.24. The first kappa shape index (κ1) is 16.2. The molecule has 0 fully saturated rings. The number of carbonyl (C=O) groups is 1. The van der Waals surface area contributed by atoms with Crippen molar-refractivity contribution in [1.29, 1.82) is 0 Å². The van der Waals surface area contributed by atoms with Crippen molar-refractivity contribution >= 4 is 16.8 Å². The molecule has 0 spiro atoms. The molecule has 2 aromatic heterocycles. The molecule has 1 amide bonds. The summed E-state index contributed by atoms with van der Waals surface area (Å²) in [5, 5.41) is 1.11. The number of amides is 1. The third-order valence-corrected chi connectivity index (χ3v) is 4.66. The SMILES string of the molecule is Cc1cc(C)c2[nH]c(C(=O)N(C)[C@H](C)c3ccncn3)c(C)c2c1. The predicted molar refractivity (Wildman–Crippen MR) is 95.1 cm³/mol. The Morgan fingerprint density at radius 2 is 2.00 bits per heavy atom. The monoisotopic (exact) mass is 322 g/mol. The number of aromatic nitrogens is 3. The number of nitrogens with zero attached hydrogens (tertiary/aromatic N) is 3. The Morgan fingerprint density at radius 3 is 2.67 bits per heavy atom. The maximum absolute atomic E-state index is 13.0. The fraction of sp³-hybridized carbons (Fsp3) is 0.316. The molecule has 0 saturated heterocycles. The molecule has 0 aliphatic carbocycles. The molecule has 0 saturated carbocycles. The van der Waals surface area contributed by atoms with E-state index >= 15 is 0 Å². The Bertz CT molecular complexity index is 899. The second-order valence-electron chi connectivity index (χ2n) is 6.36. The van der Waals surface area contributed by atoms with Crippen molar-refractivity contribution < 1.29 is 4.79 Å². The van der Waals surface area contributed by atoms with E-state index in [4.69, 9.17) is 0 Å². The number of aromatic amines is 1. The van der Waals surface area contributed by atoms with Gasteiger partial charge < -0.3 is 9.88 Å². The van der Waals surface area contributed by atoms with Crippen molar-refractivity contribution in [1.82, 2.24) is 19.9 Å². The number of nitrogens with one attached hydrogen (secondary N) is 1. The highest BCUT2D eigenvalue weighted by Gasteiger charge is 2.24. The van der Waals surface area contributed by atoms with Crippen molar-refractivity contribution in [2.75, 3.05) is 7.05 Å². The van der Waals surface area contributed by atoms with E-state index < -0.39 is 0 Å². The highest BCUT2D eigenvalue weighted by molar-refractivity contribution is 6.01. The van der Waals surface area contributed by atoms with Crippen LogP contribution < -0.4 is 0 Å². The predicted octanol–water partition coefficient (Wildman–Crippen LogP) is 3.72. The first-order chi connectivity index (χ1) is 11.4. The van der Waals surface area contributed by atoms with Crippen LogP contribution in [0.2, 0.25) is 0 Å². The van der Waals surface area contributed by atoms with Crippen molar-refractivity contribution in [3.63, 3.8) is 0 Å². The van der Waals surface area contributed by atoms with Crippen LogP contribution in [0.3, 0.4) is 0 Å². The Balaban J connectivity index is 1.99. The summed E-state index contributed by atoms with van der Waals surface area (Å²) in [6.45, 7) is 8.10. The van der Waals surface area contributed by atoms with E-state index in [-0.39, 0.29) is 11.9 Å². The molecule has 24 heavy (non-hydrogen) atoms. The quantitative estimate of drug-likeness (QED) is 0.799. The number of hydrogen-bond acceptors (Lipinski definition) is 3. The van der Waals surface area contributed by atoms with Gasteiger partial charge in [-0.25, -0.2) is 9.97 Å². The molecule has 5 nitrogen and oxygen atoms in total. The Kier molecular flexibility index (Phi) is 4.09. The van der Waals surface area contributed by atoms with Gasteiger partial charge in [-0.1, -0.05) is 11.6 Å². The average molecular weight is 322 g/mol. The van der Waals surface area contributed by atoms with Crippen molar-refractivity contribution in [3.05, 3.63) is 58.8 Å². The van der Waals surface area contributed by atoms with E-state index in [1.54, 1.807) is 18.1 Å². The van der Waals surface area contributed by atoms with Gasteiger partial charge in [0.2, 0.25) is 0 Å². The number of hydrogen-bond donors (Lipinski definition) is 1. The molecule has 0 aliphatic rings. The van der Waals surface area contributed by atoms with Gasteiger partial charge in [-0.3, -0.25) is 4.79 Å². The fourth-order valence-electron chi connectivity index (χ4n) is 3.10. The minimum Gasteiger partial charge on any atom is -0.350 e. The molecular weight excluding hydrogens is 300 g/mol. The zero-order valence-electron chi connectivity index (χ0n) is 14.7. The summed E-state index contributed by atoms with van der Waals surface area (Å²) in [4.78, 5) is 26.2. The molecule has 3 rings (SSSR count). The molecule has 0 aliphatic heterocycles. The third-order valence-electron chi connectivity index (χ3n) is 4.66. The fourth-order valence-corrected chi connectivity index (χ4v) is 3.10. The van der Waals surface area contributed by atoms with Gasteiger partial charge in [-0.05, 0) is 51.0 Å². The number of rotatable bonds is 3. The second-order valence-corrected chi connectivity index (χ2v) is 6.36. The van der Waals surface area contributed by atoms with Gasteiger partial charge in [-0.2, -0.15) is 0 Å². The minimum atomic E-state index is -0.130. The molecular formula is C19H22N4O. The van der Waals surface area contributed by atoms with E-state index in [0.717, 1.165) is 27.7 Å². The summed E-state index contributed by atoms with van der Waals surface area (Å²) < 4.78 is 0. The number of benzene rings is 1. The van der Waals surface area contributed by atoms with Gasteiger partial charge in [0.25, 0.3) is 5.91 Å². The number of carbonyl (C=O) groups excluding carboxylic acids is 1. The Labute approximate surface area is 141 Å². The highest BCUT2D eigenvalue weighted by atomic mass is 16.2. The normalized spacial score (nSPS) is 12.4. The number of fused-ring (bicyclic) bond motifs is 1. The van der Waals surface area contributed by atoms with Gasteiger partial charge in [0.15, 0.2) is 0 Å². The zero-order valence-corrected chi connectivity index (χ0v) is 14.7.